The predicted molar refractivity (Wildman–Crippen MR) is 248 cm³/mol. The van der Waals surface area contributed by atoms with Gasteiger partial charge in [-0.15, -0.1) is 0 Å². The second kappa shape index (κ2) is 12.1. The minimum absolute atomic E-state index is 0.164. The fraction of sp³-hybridized carbons (Fsp3) is 0.0690. The van der Waals surface area contributed by atoms with Gasteiger partial charge in [0.25, 0.3) is 0 Å². The standard InChI is InChI=1S/C58H39NO/c1-57(2)46-25-13-9-21-40(46)43-32-30-39(34-50(43)57)59(38-19-7-4-8-20-38)56-54-44-24-12-16-28-49(44)58(47-26-14-10-22-41(47)42-23-11-15-27-48(42)58)51(54)35-53-55(56)45-31-29-37(33-52(45)60-53)36-17-5-3-6-18-36/h3-35H,1-2H3. The van der Waals surface area contributed by atoms with Gasteiger partial charge in [0.1, 0.15) is 11.2 Å². The molecule has 3 aliphatic rings. The van der Waals surface area contributed by atoms with Crippen LogP contribution in [0.5, 0.6) is 0 Å². The van der Waals surface area contributed by atoms with E-state index in [1.54, 1.807) is 0 Å². The highest BCUT2D eigenvalue weighted by atomic mass is 16.3. The maximum atomic E-state index is 7.20. The maximum Gasteiger partial charge on any atom is 0.137 e. The summed E-state index contributed by atoms with van der Waals surface area (Å²) in [5.74, 6) is 0. The average Bonchev–Trinajstić information content (AvgIpc) is 3.99. The summed E-state index contributed by atoms with van der Waals surface area (Å²) in [4.78, 5) is 2.53. The molecule has 2 heteroatoms. The lowest BCUT2D eigenvalue weighted by Gasteiger charge is -2.32. The van der Waals surface area contributed by atoms with Crippen molar-refractivity contribution in [3.8, 4) is 44.5 Å². The van der Waals surface area contributed by atoms with Crippen molar-refractivity contribution in [2.24, 2.45) is 0 Å². The monoisotopic (exact) mass is 765 g/mol. The van der Waals surface area contributed by atoms with Crippen LogP contribution in [0.1, 0.15) is 47.2 Å². The lowest BCUT2D eigenvalue weighted by atomic mass is 9.70. The van der Waals surface area contributed by atoms with E-state index in [4.69, 9.17) is 4.42 Å². The first-order valence-electron chi connectivity index (χ1n) is 21.0. The molecule has 0 N–H and O–H groups in total. The van der Waals surface area contributed by atoms with Crippen LogP contribution in [0.4, 0.5) is 17.1 Å². The van der Waals surface area contributed by atoms with Crippen LogP contribution in [0.25, 0.3) is 66.4 Å². The highest BCUT2D eigenvalue weighted by Gasteiger charge is 2.53. The molecule has 0 radical (unpaired) electrons. The molecule has 0 atom stereocenters. The maximum absolute atomic E-state index is 7.20. The SMILES string of the molecule is CC1(C)c2ccccc2-c2ccc(N(c3ccccc3)c3c4c(cc5oc6cc(-c7ccccc7)ccc6c35)C3(c5ccccc5-c5ccccc53)c3ccccc3-4)cc21. The Morgan fingerprint density at radius 1 is 0.383 bits per heavy atom. The smallest absolute Gasteiger partial charge is 0.137 e. The van der Waals surface area contributed by atoms with Crippen LogP contribution in [0, 0.1) is 0 Å². The van der Waals surface area contributed by atoms with Gasteiger partial charge in [0.15, 0.2) is 0 Å². The molecule has 0 unspecified atom stereocenters. The highest BCUT2D eigenvalue weighted by molar-refractivity contribution is 6.20. The molecule has 9 aromatic carbocycles. The van der Waals surface area contributed by atoms with Crippen molar-refractivity contribution in [2.45, 2.75) is 24.7 Å². The zero-order valence-electron chi connectivity index (χ0n) is 33.4. The molecule has 2 nitrogen and oxygen atoms in total. The quantitative estimate of drug-likeness (QED) is 0.177. The van der Waals surface area contributed by atoms with E-state index in [2.05, 4.69) is 219 Å². The van der Waals surface area contributed by atoms with Crippen molar-refractivity contribution >= 4 is 39.0 Å². The van der Waals surface area contributed by atoms with Crippen molar-refractivity contribution in [1.29, 1.82) is 0 Å². The molecule has 1 aromatic heterocycles. The second-order valence-corrected chi connectivity index (χ2v) is 17.2. The van der Waals surface area contributed by atoms with E-state index in [9.17, 15) is 0 Å². The Morgan fingerprint density at radius 2 is 0.933 bits per heavy atom. The minimum atomic E-state index is -0.542. The van der Waals surface area contributed by atoms with Gasteiger partial charge in [-0.3, -0.25) is 0 Å². The number of fused-ring (bicyclic) bond motifs is 16. The summed E-state index contributed by atoms with van der Waals surface area (Å²) in [5.41, 5.74) is 22.3. The average molecular weight is 766 g/mol. The van der Waals surface area contributed by atoms with Crippen LogP contribution in [0.15, 0.2) is 205 Å². The fourth-order valence-electron chi connectivity index (χ4n) is 11.3. The summed E-state index contributed by atoms with van der Waals surface area (Å²) in [6, 6.07) is 74.0. The number of benzene rings is 9. The normalized spacial score (nSPS) is 14.4. The summed E-state index contributed by atoms with van der Waals surface area (Å²) in [7, 11) is 0. The molecule has 0 saturated heterocycles. The second-order valence-electron chi connectivity index (χ2n) is 17.2. The number of para-hydroxylation sites is 1. The molecule has 13 rings (SSSR count). The molecule has 0 saturated carbocycles. The van der Waals surface area contributed by atoms with E-state index in [1.165, 1.54) is 72.3 Å². The number of hydrogen-bond acceptors (Lipinski definition) is 2. The Balaban J connectivity index is 1.19. The Labute approximate surface area is 349 Å². The van der Waals surface area contributed by atoms with E-state index in [0.29, 0.717) is 0 Å². The summed E-state index contributed by atoms with van der Waals surface area (Å²) < 4.78 is 7.20. The van der Waals surface area contributed by atoms with Gasteiger partial charge in [0.2, 0.25) is 0 Å². The van der Waals surface area contributed by atoms with Gasteiger partial charge in [0, 0.05) is 27.7 Å². The molecule has 0 aliphatic heterocycles. The first-order chi connectivity index (χ1) is 29.5. The third-order valence-corrected chi connectivity index (χ3v) is 13.9. The number of rotatable bonds is 4. The Hall–Kier alpha value is -7.42. The topological polar surface area (TPSA) is 16.4 Å². The number of nitrogens with zero attached hydrogens (tertiary/aromatic N) is 1. The van der Waals surface area contributed by atoms with Crippen molar-refractivity contribution < 1.29 is 4.42 Å². The molecular weight excluding hydrogens is 727 g/mol. The Bertz CT molecular complexity index is 3360. The fourth-order valence-corrected chi connectivity index (χ4v) is 11.3. The van der Waals surface area contributed by atoms with E-state index in [-0.39, 0.29) is 5.41 Å². The number of furan rings is 1. The van der Waals surface area contributed by atoms with Crippen molar-refractivity contribution in [1.82, 2.24) is 0 Å². The van der Waals surface area contributed by atoms with Crippen molar-refractivity contribution in [2.75, 3.05) is 4.90 Å². The molecular formula is C58H39NO. The van der Waals surface area contributed by atoms with Gasteiger partial charge in [0.05, 0.1) is 16.5 Å². The van der Waals surface area contributed by atoms with Crippen LogP contribution in [-0.2, 0) is 10.8 Å². The van der Waals surface area contributed by atoms with Crippen molar-refractivity contribution in [3.05, 3.63) is 234 Å². The molecule has 1 spiro atoms. The first kappa shape index (κ1) is 33.5. The zero-order valence-corrected chi connectivity index (χ0v) is 33.4. The van der Waals surface area contributed by atoms with Crippen LogP contribution in [0.2, 0.25) is 0 Å². The van der Waals surface area contributed by atoms with Gasteiger partial charge in [-0.05, 0) is 115 Å². The van der Waals surface area contributed by atoms with Crippen LogP contribution >= 0.6 is 0 Å². The minimum Gasteiger partial charge on any atom is -0.456 e. The van der Waals surface area contributed by atoms with Gasteiger partial charge >= 0.3 is 0 Å². The lowest BCUT2D eigenvalue weighted by Crippen LogP contribution is -2.26. The molecule has 0 bridgehead atoms. The zero-order chi connectivity index (χ0) is 39.7. The summed E-state index contributed by atoms with van der Waals surface area (Å²) in [6.07, 6.45) is 0. The van der Waals surface area contributed by atoms with E-state index in [1.807, 2.05) is 0 Å². The number of anilines is 3. The Kier molecular flexibility index (Phi) is 6.74. The van der Waals surface area contributed by atoms with Gasteiger partial charge in [-0.2, -0.15) is 0 Å². The van der Waals surface area contributed by atoms with Crippen LogP contribution < -0.4 is 4.90 Å². The predicted octanol–water partition coefficient (Wildman–Crippen LogP) is 15.4. The molecule has 1 heterocycles. The van der Waals surface area contributed by atoms with Gasteiger partial charge < -0.3 is 9.32 Å². The molecule has 282 valence electrons. The van der Waals surface area contributed by atoms with E-state index in [0.717, 1.165) is 44.6 Å². The molecule has 0 amide bonds. The first-order valence-corrected chi connectivity index (χ1v) is 21.0. The lowest BCUT2D eigenvalue weighted by molar-refractivity contribution is 0.660. The van der Waals surface area contributed by atoms with Gasteiger partial charge in [-0.1, -0.05) is 172 Å². The van der Waals surface area contributed by atoms with Gasteiger partial charge in [-0.25, -0.2) is 0 Å². The summed E-state index contributed by atoms with van der Waals surface area (Å²) in [6.45, 7) is 4.74. The highest BCUT2D eigenvalue weighted by Crippen LogP contribution is 2.66. The van der Waals surface area contributed by atoms with Crippen molar-refractivity contribution in [3.63, 3.8) is 0 Å². The Morgan fingerprint density at radius 3 is 1.62 bits per heavy atom. The largest absolute Gasteiger partial charge is 0.456 e. The molecule has 10 aromatic rings. The summed E-state index contributed by atoms with van der Waals surface area (Å²) >= 11 is 0. The van der Waals surface area contributed by atoms with Crippen LogP contribution in [0.3, 0.4) is 0 Å². The third-order valence-electron chi connectivity index (χ3n) is 13.9. The third kappa shape index (κ3) is 4.27. The van der Waals surface area contributed by atoms with Crippen LogP contribution in [-0.4, -0.2) is 0 Å². The van der Waals surface area contributed by atoms with E-state index < -0.39 is 5.41 Å². The molecule has 60 heavy (non-hydrogen) atoms. The van der Waals surface area contributed by atoms with E-state index >= 15 is 0 Å². The molecule has 3 aliphatic carbocycles. The number of hydrogen-bond donors (Lipinski definition) is 0. The summed E-state index contributed by atoms with van der Waals surface area (Å²) in [5, 5.41) is 2.21. The molecule has 0 fully saturated rings.